The second-order valence-corrected chi connectivity index (χ2v) is 6.99. The van der Waals surface area contributed by atoms with Gasteiger partial charge in [-0.3, -0.25) is 14.3 Å². The van der Waals surface area contributed by atoms with Gasteiger partial charge in [0.1, 0.15) is 11.5 Å². The van der Waals surface area contributed by atoms with E-state index in [1.807, 2.05) is 27.7 Å². The molecule has 0 saturated heterocycles. The Bertz CT molecular complexity index is 821. The van der Waals surface area contributed by atoms with Crippen molar-refractivity contribution in [1.82, 2.24) is 15.1 Å². The van der Waals surface area contributed by atoms with Crippen molar-refractivity contribution in [3.63, 3.8) is 0 Å². The molecule has 0 aliphatic rings. The van der Waals surface area contributed by atoms with Crippen molar-refractivity contribution in [2.24, 2.45) is 0 Å². The number of anilines is 1. The van der Waals surface area contributed by atoms with Crippen LogP contribution in [0, 0.1) is 5.82 Å². The second-order valence-electron chi connectivity index (χ2n) is 6.99. The van der Waals surface area contributed by atoms with Crippen LogP contribution in [0.15, 0.2) is 24.3 Å². The van der Waals surface area contributed by atoms with E-state index < -0.39 is 11.7 Å². The van der Waals surface area contributed by atoms with E-state index in [9.17, 15) is 14.0 Å². The summed E-state index contributed by atoms with van der Waals surface area (Å²) in [7, 11) is 0. The van der Waals surface area contributed by atoms with E-state index >= 15 is 0 Å². The van der Waals surface area contributed by atoms with Crippen LogP contribution in [0.1, 0.15) is 61.2 Å². The summed E-state index contributed by atoms with van der Waals surface area (Å²) in [6.45, 7) is 10.7. The number of aryl methyl sites for hydroxylation is 1. The zero-order chi connectivity index (χ0) is 19.5. The number of aromatic nitrogens is 2. The number of rotatable bonds is 5. The molecule has 0 fully saturated rings. The van der Waals surface area contributed by atoms with Crippen LogP contribution in [0.25, 0.3) is 0 Å². The van der Waals surface area contributed by atoms with Gasteiger partial charge in [0.2, 0.25) is 0 Å². The molecular formula is C19H25FN4O2. The van der Waals surface area contributed by atoms with Crippen molar-refractivity contribution in [2.75, 3.05) is 11.9 Å². The van der Waals surface area contributed by atoms with E-state index in [-0.39, 0.29) is 16.9 Å². The van der Waals surface area contributed by atoms with E-state index in [4.69, 9.17) is 0 Å². The first-order valence-electron chi connectivity index (χ1n) is 8.64. The number of benzene rings is 1. The topological polar surface area (TPSA) is 76.0 Å². The Morgan fingerprint density at radius 3 is 2.42 bits per heavy atom. The molecule has 0 saturated carbocycles. The highest BCUT2D eigenvalue weighted by atomic mass is 19.1. The van der Waals surface area contributed by atoms with Crippen molar-refractivity contribution in [1.29, 1.82) is 0 Å². The van der Waals surface area contributed by atoms with E-state index in [1.54, 1.807) is 17.7 Å². The van der Waals surface area contributed by atoms with E-state index in [2.05, 4.69) is 15.7 Å². The smallest absolute Gasteiger partial charge is 0.273 e. The lowest BCUT2D eigenvalue weighted by atomic mass is 9.92. The first-order chi connectivity index (χ1) is 12.2. The summed E-state index contributed by atoms with van der Waals surface area (Å²) < 4.78 is 15.5. The molecule has 1 aromatic carbocycles. The molecule has 7 heteroatoms. The predicted octanol–water partition coefficient (Wildman–Crippen LogP) is 3.34. The Labute approximate surface area is 152 Å². The minimum atomic E-state index is -0.637. The molecule has 0 aliphatic carbocycles. The number of carbonyl (C=O) groups excluding carboxylic acids is 2. The molecular weight excluding hydrogens is 335 g/mol. The van der Waals surface area contributed by atoms with Crippen molar-refractivity contribution in [2.45, 2.75) is 46.6 Å². The third kappa shape index (κ3) is 4.28. The average molecular weight is 360 g/mol. The Kier molecular flexibility index (Phi) is 5.79. The second kappa shape index (κ2) is 7.68. The first kappa shape index (κ1) is 19.6. The lowest BCUT2D eigenvalue weighted by Crippen LogP contribution is -2.24. The van der Waals surface area contributed by atoms with Crippen LogP contribution >= 0.6 is 0 Å². The summed E-state index contributed by atoms with van der Waals surface area (Å²) >= 11 is 0. The van der Waals surface area contributed by atoms with Gasteiger partial charge in [-0.25, -0.2) is 4.39 Å². The van der Waals surface area contributed by atoms with Gasteiger partial charge < -0.3 is 10.6 Å². The van der Waals surface area contributed by atoms with Crippen molar-refractivity contribution >= 4 is 17.5 Å². The number of halogens is 1. The lowest BCUT2D eigenvalue weighted by Gasteiger charge is -2.13. The fraction of sp³-hybridized carbons (Fsp3) is 0.421. The summed E-state index contributed by atoms with van der Waals surface area (Å²) in [4.78, 5) is 24.6. The third-order valence-corrected chi connectivity index (χ3v) is 3.89. The Hall–Kier alpha value is -2.70. The van der Waals surface area contributed by atoms with Gasteiger partial charge in [-0.15, -0.1) is 0 Å². The molecule has 1 aromatic heterocycles. The molecule has 6 nitrogen and oxygen atoms in total. The van der Waals surface area contributed by atoms with E-state index in [0.717, 1.165) is 11.8 Å². The molecule has 2 N–H and O–H groups in total. The molecule has 0 atom stereocenters. The highest BCUT2D eigenvalue weighted by Crippen LogP contribution is 2.23. The van der Waals surface area contributed by atoms with Gasteiger partial charge in [0, 0.05) is 24.2 Å². The minimum absolute atomic E-state index is 0.107. The molecule has 2 aromatic rings. The van der Waals surface area contributed by atoms with Crippen LogP contribution in [0.3, 0.4) is 0 Å². The minimum Gasteiger partial charge on any atom is -0.352 e. The first-order valence-corrected chi connectivity index (χ1v) is 8.64. The highest BCUT2D eigenvalue weighted by Gasteiger charge is 2.23. The van der Waals surface area contributed by atoms with Gasteiger partial charge in [0.25, 0.3) is 11.8 Å². The van der Waals surface area contributed by atoms with Crippen LogP contribution in [0.4, 0.5) is 10.1 Å². The van der Waals surface area contributed by atoms with Gasteiger partial charge in [0.15, 0.2) is 0 Å². The zero-order valence-corrected chi connectivity index (χ0v) is 15.8. The molecule has 2 amide bonds. The number of nitrogens with one attached hydrogen (secondary N) is 2. The van der Waals surface area contributed by atoms with Crippen LogP contribution in [-0.4, -0.2) is 28.1 Å². The Balaban J connectivity index is 2.29. The molecule has 2 rings (SSSR count). The van der Waals surface area contributed by atoms with Crippen molar-refractivity contribution < 1.29 is 14.0 Å². The maximum Gasteiger partial charge on any atom is 0.273 e. The molecule has 0 radical (unpaired) electrons. The quantitative estimate of drug-likeness (QED) is 0.859. The van der Waals surface area contributed by atoms with E-state index in [1.165, 1.54) is 12.1 Å². The summed E-state index contributed by atoms with van der Waals surface area (Å²) in [6.07, 6.45) is 0. The van der Waals surface area contributed by atoms with Gasteiger partial charge in [-0.05, 0) is 38.1 Å². The maximum atomic E-state index is 13.9. The van der Waals surface area contributed by atoms with Crippen LogP contribution in [0.2, 0.25) is 0 Å². The number of amides is 2. The van der Waals surface area contributed by atoms with Crippen LogP contribution < -0.4 is 10.6 Å². The highest BCUT2D eigenvalue weighted by molar-refractivity contribution is 6.04. The molecule has 1 heterocycles. The van der Waals surface area contributed by atoms with Gasteiger partial charge >= 0.3 is 0 Å². The number of carbonyl (C=O) groups is 2. The SMILES string of the molecule is CCNC(=O)c1cc(NC(=O)c2cc(C(C)(C)C)nn2CC)ccc1F. The van der Waals surface area contributed by atoms with Crippen molar-refractivity contribution in [3.05, 3.63) is 47.0 Å². The van der Waals surface area contributed by atoms with Crippen LogP contribution in [0.5, 0.6) is 0 Å². The fourth-order valence-electron chi connectivity index (χ4n) is 2.44. The lowest BCUT2D eigenvalue weighted by molar-refractivity contribution is 0.0950. The number of hydrogen-bond acceptors (Lipinski definition) is 3. The zero-order valence-electron chi connectivity index (χ0n) is 15.8. The standard InChI is InChI=1S/C19H25FN4O2/c1-6-21-17(25)13-10-12(8-9-14(13)20)22-18(26)15-11-16(19(3,4)5)23-24(15)7-2/h8-11H,6-7H2,1-5H3,(H,21,25)(H,22,26). The molecule has 140 valence electrons. The largest absolute Gasteiger partial charge is 0.352 e. The molecule has 0 bridgehead atoms. The summed E-state index contributed by atoms with van der Waals surface area (Å²) in [5.41, 5.74) is 1.28. The summed E-state index contributed by atoms with van der Waals surface area (Å²) in [6, 6.07) is 5.67. The average Bonchev–Trinajstić information content (AvgIpc) is 3.01. The normalized spacial score (nSPS) is 11.3. The van der Waals surface area contributed by atoms with Crippen molar-refractivity contribution in [3.8, 4) is 0 Å². The van der Waals surface area contributed by atoms with Gasteiger partial charge in [0.05, 0.1) is 11.3 Å². The maximum absolute atomic E-state index is 13.9. The number of hydrogen-bond donors (Lipinski definition) is 2. The summed E-state index contributed by atoms with van der Waals surface area (Å²) in [5, 5.41) is 9.74. The van der Waals surface area contributed by atoms with Crippen LogP contribution in [-0.2, 0) is 12.0 Å². The molecule has 0 aliphatic heterocycles. The Morgan fingerprint density at radius 2 is 1.85 bits per heavy atom. The molecule has 26 heavy (non-hydrogen) atoms. The third-order valence-electron chi connectivity index (χ3n) is 3.89. The number of nitrogens with zero attached hydrogens (tertiary/aromatic N) is 2. The van der Waals surface area contributed by atoms with Gasteiger partial charge in [-0.1, -0.05) is 20.8 Å². The fourth-order valence-corrected chi connectivity index (χ4v) is 2.44. The predicted molar refractivity (Wildman–Crippen MR) is 99.0 cm³/mol. The Morgan fingerprint density at radius 1 is 1.15 bits per heavy atom. The monoisotopic (exact) mass is 360 g/mol. The molecule has 0 spiro atoms. The van der Waals surface area contributed by atoms with Gasteiger partial charge in [-0.2, -0.15) is 5.10 Å². The summed E-state index contributed by atoms with van der Waals surface area (Å²) in [5.74, 6) is -1.51. The molecule has 0 unspecified atom stereocenters. The van der Waals surface area contributed by atoms with E-state index in [0.29, 0.717) is 24.5 Å².